The first-order valence-corrected chi connectivity index (χ1v) is 20.8. The monoisotopic (exact) mass is 645 g/mol. The van der Waals surface area contributed by atoms with Gasteiger partial charge in [-0.05, 0) is 30.5 Å². The second-order valence-corrected chi connectivity index (χ2v) is 14.3. The zero-order chi connectivity index (χ0) is 33.0. The zero-order valence-electron chi connectivity index (χ0n) is 31.2. The molecule has 3 nitrogen and oxygen atoms in total. The van der Waals surface area contributed by atoms with Crippen molar-refractivity contribution in [3.05, 3.63) is 23.8 Å². The molecular weight excluding hydrogens is 564 g/mol. The number of ether oxygens (including phenoxy) is 2. The molecule has 1 aromatic carbocycles. The van der Waals surface area contributed by atoms with Crippen molar-refractivity contribution in [3.63, 3.8) is 0 Å². The summed E-state index contributed by atoms with van der Waals surface area (Å²) < 4.78 is 12.1. The summed E-state index contributed by atoms with van der Waals surface area (Å²) in [6, 6.07) is 5.90. The Morgan fingerprint density at radius 3 is 0.826 bits per heavy atom. The standard InChI is InChI=1S/C43H80O3/c1-3-5-7-9-11-13-15-17-19-21-23-25-27-29-31-33-35-45-42-37-41(40-44)38-43(39-42)46-36-34-32-30-28-26-24-22-20-18-16-14-12-10-8-6-4-2/h37-39,44H,3-36,40H2,1-2H3. The molecule has 0 amide bonds. The molecule has 1 aromatic rings. The molecule has 0 aliphatic heterocycles. The van der Waals surface area contributed by atoms with Crippen LogP contribution in [0.1, 0.15) is 225 Å². The van der Waals surface area contributed by atoms with Gasteiger partial charge in [-0.2, -0.15) is 0 Å². The Bertz CT molecular complexity index is 676. The van der Waals surface area contributed by atoms with Gasteiger partial charge in [0.1, 0.15) is 11.5 Å². The van der Waals surface area contributed by atoms with Crippen LogP contribution in [0.15, 0.2) is 18.2 Å². The number of aliphatic hydroxyl groups excluding tert-OH is 1. The predicted molar refractivity (Wildman–Crippen MR) is 202 cm³/mol. The van der Waals surface area contributed by atoms with E-state index in [4.69, 9.17) is 9.47 Å². The average Bonchev–Trinajstić information content (AvgIpc) is 3.07. The highest BCUT2D eigenvalue weighted by Gasteiger charge is 2.04. The van der Waals surface area contributed by atoms with Gasteiger partial charge < -0.3 is 14.6 Å². The maximum atomic E-state index is 9.72. The van der Waals surface area contributed by atoms with E-state index < -0.39 is 0 Å². The lowest BCUT2D eigenvalue weighted by molar-refractivity contribution is 0.271. The summed E-state index contributed by atoms with van der Waals surface area (Å²) in [5, 5.41) is 9.72. The van der Waals surface area contributed by atoms with Crippen molar-refractivity contribution in [2.45, 2.75) is 226 Å². The summed E-state index contributed by atoms with van der Waals surface area (Å²) in [5.41, 5.74) is 0.867. The van der Waals surface area contributed by atoms with E-state index in [0.29, 0.717) is 0 Å². The minimum absolute atomic E-state index is 0.0195. The van der Waals surface area contributed by atoms with E-state index in [1.54, 1.807) is 0 Å². The number of hydrogen-bond donors (Lipinski definition) is 1. The Morgan fingerprint density at radius 2 is 0.587 bits per heavy atom. The van der Waals surface area contributed by atoms with Gasteiger partial charge in [0.15, 0.2) is 0 Å². The largest absolute Gasteiger partial charge is 0.493 e. The van der Waals surface area contributed by atoms with Gasteiger partial charge in [0.2, 0.25) is 0 Å². The first-order valence-electron chi connectivity index (χ1n) is 20.8. The van der Waals surface area contributed by atoms with Crippen LogP contribution in [-0.4, -0.2) is 18.3 Å². The Kier molecular flexibility index (Phi) is 32.7. The molecule has 0 spiro atoms. The highest BCUT2D eigenvalue weighted by molar-refractivity contribution is 5.38. The maximum Gasteiger partial charge on any atom is 0.123 e. The van der Waals surface area contributed by atoms with Gasteiger partial charge >= 0.3 is 0 Å². The SMILES string of the molecule is CCCCCCCCCCCCCCCCCCOc1cc(CO)cc(OCCCCCCCCCCCCCCCCCC)c1. The van der Waals surface area contributed by atoms with Gasteiger partial charge in [0, 0.05) is 6.07 Å². The van der Waals surface area contributed by atoms with Gasteiger partial charge in [-0.15, -0.1) is 0 Å². The smallest absolute Gasteiger partial charge is 0.123 e. The van der Waals surface area contributed by atoms with Crippen molar-refractivity contribution in [1.82, 2.24) is 0 Å². The molecule has 0 heterocycles. The molecule has 0 aromatic heterocycles. The highest BCUT2D eigenvalue weighted by atomic mass is 16.5. The molecular formula is C43H80O3. The third-order valence-corrected chi connectivity index (χ3v) is 9.66. The van der Waals surface area contributed by atoms with Gasteiger partial charge in [-0.1, -0.05) is 206 Å². The van der Waals surface area contributed by atoms with Gasteiger partial charge in [-0.25, -0.2) is 0 Å². The van der Waals surface area contributed by atoms with Crippen LogP contribution in [0.3, 0.4) is 0 Å². The summed E-state index contributed by atoms with van der Waals surface area (Å²) >= 11 is 0. The second kappa shape index (κ2) is 35.1. The molecule has 0 bridgehead atoms. The maximum absolute atomic E-state index is 9.72. The van der Waals surface area contributed by atoms with E-state index in [1.165, 1.54) is 193 Å². The predicted octanol–water partition coefficient (Wildman–Crippen LogP) is 14.5. The van der Waals surface area contributed by atoms with Crippen molar-refractivity contribution in [2.24, 2.45) is 0 Å². The summed E-state index contributed by atoms with van der Waals surface area (Å²) in [4.78, 5) is 0. The van der Waals surface area contributed by atoms with E-state index >= 15 is 0 Å². The molecule has 270 valence electrons. The van der Waals surface area contributed by atoms with Gasteiger partial charge in [0.05, 0.1) is 19.8 Å². The quantitative estimate of drug-likeness (QED) is 0.0732. The topological polar surface area (TPSA) is 38.7 Å². The minimum Gasteiger partial charge on any atom is -0.493 e. The number of rotatable bonds is 37. The molecule has 0 saturated carbocycles. The Balaban J connectivity index is 1.95. The number of aliphatic hydroxyl groups is 1. The molecule has 0 saturated heterocycles. The fourth-order valence-electron chi connectivity index (χ4n) is 6.57. The Morgan fingerprint density at radius 1 is 0.348 bits per heavy atom. The van der Waals surface area contributed by atoms with Crippen LogP contribution in [0.5, 0.6) is 11.5 Å². The van der Waals surface area contributed by atoms with Crippen molar-refractivity contribution < 1.29 is 14.6 Å². The molecule has 46 heavy (non-hydrogen) atoms. The third-order valence-electron chi connectivity index (χ3n) is 9.66. The lowest BCUT2D eigenvalue weighted by Crippen LogP contribution is -2.01. The van der Waals surface area contributed by atoms with Crippen LogP contribution in [-0.2, 0) is 6.61 Å². The van der Waals surface area contributed by atoms with E-state index in [9.17, 15) is 5.11 Å². The molecule has 0 aliphatic rings. The highest BCUT2D eigenvalue weighted by Crippen LogP contribution is 2.24. The number of benzene rings is 1. The van der Waals surface area contributed by atoms with Crippen LogP contribution in [0.2, 0.25) is 0 Å². The lowest BCUT2D eigenvalue weighted by Gasteiger charge is -2.12. The van der Waals surface area contributed by atoms with E-state index in [-0.39, 0.29) is 6.61 Å². The summed E-state index contributed by atoms with van der Waals surface area (Å²) in [6.45, 7) is 6.09. The molecule has 3 heteroatoms. The van der Waals surface area contributed by atoms with Crippen molar-refractivity contribution in [3.8, 4) is 11.5 Å². The van der Waals surface area contributed by atoms with Crippen LogP contribution in [0.4, 0.5) is 0 Å². The van der Waals surface area contributed by atoms with Crippen molar-refractivity contribution in [1.29, 1.82) is 0 Å². The van der Waals surface area contributed by atoms with E-state index in [0.717, 1.165) is 43.1 Å². The second-order valence-electron chi connectivity index (χ2n) is 14.3. The van der Waals surface area contributed by atoms with Crippen LogP contribution < -0.4 is 9.47 Å². The Labute approximate surface area is 288 Å². The molecule has 0 aliphatic carbocycles. The van der Waals surface area contributed by atoms with E-state index in [1.807, 2.05) is 18.2 Å². The molecule has 0 radical (unpaired) electrons. The molecule has 1 rings (SSSR count). The molecule has 1 N–H and O–H groups in total. The molecule has 0 fully saturated rings. The van der Waals surface area contributed by atoms with E-state index in [2.05, 4.69) is 13.8 Å². The first-order chi connectivity index (χ1) is 22.8. The van der Waals surface area contributed by atoms with Crippen LogP contribution in [0.25, 0.3) is 0 Å². The first kappa shape index (κ1) is 42.8. The van der Waals surface area contributed by atoms with Gasteiger partial charge in [0.25, 0.3) is 0 Å². The molecule has 0 unspecified atom stereocenters. The lowest BCUT2D eigenvalue weighted by atomic mass is 10.0. The van der Waals surface area contributed by atoms with Crippen molar-refractivity contribution >= 4 is 0 Å². The van der Waals surface area contributed by atoms with Crippen LogP contribution >= 0.6 is 0 Å². The Hall–Kier alpha value is -1.22. The summed E-state index contributed by atoms with van der Waals surface area (Å²) in [7, 11) is 0. The minimum atomic E-state index is 0.0195. The third kappa shape index (κ3) is 29.0. The number of unbranched alkanes of at least 4 members (excludes halogenated alkanes) is 30. The van der Waals surface area contributed by atoms with Crippen LogP contribution in [0, 0.1) is 0 Å². The fourth-order valence-corrected chi connectivity index (χ4v) is 6.57. The average molecular weight is 645 g/mol. The van der Waals surface area contributed by atoms with Crippen molar-refractivity contribution in [2.75, 3.05) is 13.2 Å². The molecule has 0 atom stereocenters. The fraction of sp³-hybridized carbons (Fsp3) is 0.860. The summed E-state index contributed by atoms with van der Waals surface area (Å²) in [6.07, 6.45) is 44.2. The van der Waals surface area contributed by atoms with Gasteiger partial charge in [-0.3, -0.25) is 0 Å². The summed E-state index contributed by atoms with van der Waals surface area (Å²) in [5.74, 6) is 1.66. The zero-order valence-corrected chi connectivity index (χ0v) is 31.2. The number of hydrogen-bond acceptors (Lipinski definition) is 3. The normalized spacial score (nSPS) is 11.4.